The first-order valence-electron chi connectivity index (χ1n) is 10.8. The lowest BCUT2D eigenvalue weighted by Crippen LogP contribution is -2.42. The fraction of sp³-hybridized carbons (Fsp3) is 0.652. The van der Waals surface area contributed by atoms with Gasteiger partial charge in [-0.2, -0.15) is 13.2 Å². The average molecular weight is 459 g/mol. The number of ether oxygens (including phenoxy) is 2. The number of esters is 1. The van der Waals surface area contributed by atoms with Crippen LogP contribution in [0, 0.1) is 12.8 Å². The van der Waals surface area contributed by atoms with Crippen molar-refractivity contribution in [2.24, 2.45) is 5.92 Å². The highest BCUT2D eigenvalue weighted by atomic mass is 19.4. The number of benzene rings is 1. The van der Waals surface area contributed by atoms with Crippen LogP contribution in [-0.2, 0) is 15.7 Å². The number of amides is 1. The second-order valence-electron chi connectivity index (χ2n) is 9.38. The van der Waals surface area contributed by atoms with Crippen LogP contribution in [-0.4, -0.2) is 36.9 Å². The van der Waals surface area contributed by atoms with Gasteiger partial charge in [0, 0.05) is 17.8 Å². The van der Waals surface area contributed by atoms with Gasteiger partial charge in [-0.25, -0.2) is 9.59 Å². The maximum absolute atomic E-state index is 13.4. The lowest BCUT2D eigenvalue weighted by atomic mass is 9.82. The summed E-state index contributed by atoms with van der Waals surface area (Å²) in [6, 6.07) is 1.75. The first-order valence-corrected chi connectivity index (χ1v) is 10.8. The third-order valence-corrected chi connectivity index (χ3v) is 5.72. The van der Waals surface area contributed by atoms with E-state index < -0.39 is 29.4 Å². The number of carbonyl (C=O) groups is 2. The molecule has 0 aromatic heterocycles. The van der Waals surface area contributed by atoms with E-state index >= 15 is 0 Å². The topological polar surface area (TPSA) is 76.7 Å². The average Bonchev–Trinajstić information content (AvgIpc) is 2.67. The Bertz CT molecular complexity index is 826. The minimum absolute atomic E-state index is 0.00882. The quantitative estimate of drug-likeness (QED) is 0.555. The zero-order valence-corrected chi connectivity index (χ0v) is 19.5. The molecule has 0 radical (unpaired) electrons. The molecule has 1 aliphatic rings. The Morgan fingerprint density at radius 2 is 1.69 bits per heavy atom. The summed E-state index contributed by atoms with van der Waals surface area (Å²) >= 11 is 0. The van der Waals surface area contributed by atoms with E-state index in [1.54, 1.807) is 27.7 Å². The van der Waals surface area contributed by atoms with Crippen molar-refractivity contribution < 1.29 is 32.2 Å². The van der Waals surface area contributed by atoms with Crippen LogP contribution >= 0.6 is 0 Å². The Kier molecular flexibility index (Phi) is 8.07. The van der Waals surface area contributed by atoms with Gasteiger partial charge < -0.3 is 20.1 Å². The van der Waals surface area contributed by atoms with Crippen LogP contribution in [0.15, 0.2) is 12.1 Å². The van der Waals surface area contributed by atoms with Gasteiger partial charge in [-0.1, -0.05) is 0 Å². The van der Waals surface area contributed by atoms with Gasteiger partial charge in [0.05, 0.1) is 18.2 Å². The first-order chi connectivity index (χ1) is 14.7. The molecular weight excluding hydrogens is 425 g/mol. The summed E-state index contributed by atoms with van der Waals surface area (Å²) in [6.45, 7) is 8.93. The molecule has 0 saturated heterocycles. The van der Waals surface area contributed by atoms with Gasteiger partial charge in [0.1, 0.15) is 5.60 Å². The molecule has 6 nitrogen and oxygen atoms in total. The van der Waals surface area contributed by atoms with Crippen LogP contribution in [0.2, 0.25) is 0 Å². The summed E-state index contributed by atoms with van der Waals surface area (Å²) in [6.07, 6.45) is -1.91. The van der Waals surface area contributed by atoms with Gasteiger partial charge in [-0.05, 0) is 83.9 Å². The van der Waals surface area contributed by atoms with Gasteiger partial charge in [-0.3, -0.25) is 0 Å². The highest BCUT2D eigenvalue weighted by Crippen LogP contribution is 2.36. The minimum atomic E-state index is -4.58. The SMILES string of the molecule is COC(=O)c1cc(C(F)(F)F)cc(NC(C)C2CCC(NC(=O)OC(C)(C)C)CC2)c1C. The molecule has 1 fully saturated rings. The Morgan fingerprint density at radius 3 is 2.19 bits per heavy atom. The normalized spacial score (nSPS) is 20.3. The van der Waals surface area contributed by atoms with Crippen LogP contribution in [0.3, 0.4) is 0 Å². The third kappa shape index (κ3) is 7.03. The van der Waals surface area contributed by atoms with Crippen molar-refractivity contribution >= 4 is 17.7 Å². The molecule has 32 heavy (non-hydrogen) atoms. The van der Waals surface area contributed by atoms with E-state index in [0.29, 0.717) is 5.56 Å². The smallest absolute Gasteiger partial charge is 0.416 e. The van der Waals surface area contributed by atoms with E-state index in [1.807, 2.05) is 6.92 Å². The number of nitrogens with one attached hydrogen (secondary N) is 2. The summed E-state index contributed by atoms with van der Waals surface area (Å²) in [5.41, 5.74) is -0.893. The zero-order valence-electron chi connectivity index (χ0n) is 19.5. The van der Waals surface area contributed by atoms with Crippen molar-refractivity contribution in [3.63, 3.8) is 0 Å². The molecule has 180 valence electrons. The molecule has 2 N–H and O–H groups in total. The molecule has 9 heteroatoms. The van der Waals surface area contributed by atoms with Crippen molar-refractivity contribution in [3.05, 3.63) is 28.8 Å². The van der Waals surface area contributed by atoms with Crippen LogP contribution in [0.25, 0.3) is 0 Å². The number of methoxy groups -OCH3 is 1. The van der Waals surface area contributed by atoms with Crippen LogP contribution < -0.4 is 10.6 Å². The number of anilines is 1. The fourth-order valence-corrected chi connectivity index (χ4v) is 3.95. The molecular formula is C23H33F3N2O4. The molecule has 1 saturated carbocycles. The monoisotopic (exact) mass is 458 g/mol. The molecule has 2 rings (SSSR count). The fourth-order valence-electron chi connectivity index (χ4n) is 3.95. The van der Waals surface area contributed by atoms with E-state index in [-0.39, 0.29) is 29.3 Å². The molecule has 0 aliphatic heterocycles. The van der Waals surface area contributed by atoms with Crippen molar-refractivity contribution in [2.45, 2.75) is 84.2 Å². The van der Waals surface area contributed by atoms with Crippen molar-refractivity contribution in [1.29, 1.82) is 0 Å². The lowest BCUT2D eigenvalue weighted by molar-refractivity contribution is -0.137. The number of rotatable bonds is 5. The minimum Gasteiger partial charge on any atom is -0.465 e. The summed E-state index contributed by atoms with van der Waals surface area (Å²) in [5.74, 6) is -0.597. The lowest BCUT2D eigenvalue weighted by Gasteiger charge is -2.34. The third-order valence-electron chi connectivity index (χ3n) is 5.72. The number of hydrogen-bond donors (Lipinski definition) is 2. The number of hydrogen-bond acceptors (Lipinski definition) is 5. The summed E-state index contributed by atoms with van der Waals surface area (Å²) in [7, 11) is 1.14. The van der Waals surface area contributed by atoms with E-state index in [4.69, 9.17) is 4.74 Å². The predicted octanol–water partition coefficient (Wildman–Crippen LogP) is 5.68. The number of alkyl carbamates (subject to hydrolysis) is 1. The van der Waals surface area contributed by atoms with Gasteiger partial charge in [-0.15, -0.1) is 0 Å². The maximum atomic E-state index is 13.4. The van der Waals surface area contributed by atoms with Gasteiger partial charge in [0.15, 0.2) is 0 Å². The van der Waals surface area contributed by atoms with Gasteiger partial charge in [0.2, 0.25) is 0 Å². The molecule has 0 bridgehead atoms. The van der Waals surface area contributed by atoms with Crippen LogP contribution in [0.5, 0.6) is 0 Å². The second-order valence-corrected chi connectivity index (χ2v) is 9.38. The Hall–Kier alpha value is -2.45. The number of alkyl halides is 3. The van der Waals surface area contributed by atoms with Gasteiger partial charge in [0.25, 0.3) is 0 Å². The van der Waals surface area contributed by atoms with E-state index in [0.717, 1.165) is 44.9 Å². The maximum Gasteiger partial charge on any atom is 0.416 e. The number of carbonyl (C=O) groups excluding carboxylic acids is 2. The highest BCUT2D eigenvalue weighted by Gasteiger charge is 2.34. The van der Waals surface area contributed by atoms with E-state index in [1.165, 1.54) is 0 Å². The highest BCUT2D eigenvalue weighted by molar-refractivity contribution is 5.93. The largest absolute Gasteiger partial charge is 0.465 e. The Balaban J connectivity index is 2.06. The van der Waals surface area contributed by atoms with Gasteiger partial charge >= 0.3 is 18.2 Å². The summed E-state index contributed by atoms with van der Waals surface area (Å²) in [5, 5.41) is 6.06. The Labute approximate surface area is 187 Å². The van der Waals surface area contributed by atoms with E-state index in [9.17, 15) is 22.8 Å². The summed E-state index contributed by atoms with van der Waals surface area (Å²) in [4.78, 5) is 24.0. The van der Waals surface area contributed by atoms with Crippen LogP contribution in [0.4, 0.5) is 23.7 Å². The second kappa shape index (κ2) is 10.0. The standard InChI is InChI=1S/C23H33F3N2O4/c1-13-18(20(29)31-6)11-16(23(24,25)26)12-19(13)27-14(2)15-7-9-17(10-8-15)28-21(30)32-22(3,4)5/h11-12,14-15,17,27H,7-10H2,1-6H3,(H,28,30). The molecule has 1 aromatic rings. The van der Waals surface area contributed by atoms with Crippen LogP contribution in [0.1, 0.15) is 74.9 Å². The summed E-state index contributed by atoms with van der Waals surface area (Å²) < 4.78 is 50.0. The van der Waals surface area contributed by atoms with Crippen molar-refractivity contribution in [3.8, 4) is 0 Å². The molecule has 1 unspecified atom stereocenters. The Morgan fingerprint density at radius 1 is 1.09 bits per heavy atom. The predicted molar refractivity (Wildman–Crippen MR) is 116 cm³/mol. The molecule has 1 atom stereocenters. The zero-order chi connectivity index (χ0) is 24.3. The molecule has 1 aromatic carbocycles. The molecule has 1 amide bonds. The van der Waals surface area contributed by atoms with Crippen molar-refractivity contribution in [1.82, 2.24) is 5.32 Å². The molecule has 1 aliphatic carbocycles. The first kappa shape index (κ1) is 25.8. The van der Waals surface area contributed by atoms with Crippen molar-refractivity contribution in [2.75, 3.05) is 12.4 Å². The van der Waals surface area contributed by atoms with E-state index in [2.05, 4.69) is 15.4 Å². The number of halogens is 3. The molecule has 0 spiro atoms. The molecule has 0 heterocycles.